The minimum absolute atomic E-state index is 0.0541. The summed E-state index contributed by atoms with van der Waals surface area (Å²) in [4.78, 5) is 28.3. The minimum Gasteiger partial charge on any atom is -0.460 e. The maximum absolute atomic E-state index is 13.5. The van der Waals surface area contributed by atoms with Crippen molar-refractivity contribution in [3.05, 3.63) is 35.9 Å². The molecule has 1 saturated heterocycles. The van der Waals surface area contributed by atoms with Crippen LogP contribution >= 0.6 is 0 Å². The Hall–Kier alpha value is -1.88. The Labute approximate surface area is 169 Å². The molecule has 0 radical (unpaired) electrons. The molecule has 0 spiro atoms. The van der Waals surface area contributed by atoms with E-state index in [2.05, 4.69) is 26.0 Å². The molecule has 1 aliphatic heterocycles. The third-order valence-corrected chi connectivity index (χ3v) is 5.42. The summed E-state index contributed by atoms with van der Waals surface area (Å²) in [7, 11) is 0. The average Bonchev–Trinajstić information content (AvgIpc) is 2.89. The molecule has 1 amide bonds. The molecule has 5 heteroatoms. The minimum atomic E-state index is -0.762. The molecular formula is C23H36N2O3. The molecule has 2 rings (SSSR count). The molecular weight excluding hydrogens is 352 g/mol. The second kappa shape index (κ2) is 9.08. The smallest absolute Gasteiger partial charge is 0.311 e. The lowest BCUT2D eigenvalue weighted by molar-refractivity contribution is -0.168. The average molecular weight is 389 g/mol. The van der Waals surface area contributed by atoms with Gasteiger partial charge in [-0.1, -0.05) is 44.2 Å². The van der Waals surface area contributed by atoms with E-state index in [4.69, 9.17) is 10.5 Å². The number of amides is 1. The number of nitrogens with zero attached hydrogens (tertiary/aromatic N) is 1. The molecule has 5 nitrogen and oxygen atoms in total. The predicted molar refractivity (Wildman–Crippen MR) is 112 cm³/mol. The first kappa shape index (κ1) is 22.4. The molecule has 0 bridgehead atoms. The normalized spacial score (nSPS) is 21.2. The van der Waals surface area contributed by atoms with E-state index in [1.165, 1.54) is 5.56 Å². The number of hydrogen-bond donors (Lipinski definition) is 1. The standard InChI is InChI=1S/C23H36N2O3/c1-17(2)15-23(19(16-24)20(26)28-22(3,4)5)12-14-25(21(23)27)13-11-18-9-7-6-8-10-18/h6-10,17,19H,11-16,24H2,1-5H3. The van der Waals surface area contributed by atoms with Gasteiger partial charge in [0.15, 0.2) is 0 Å². The zero-order valence-corrected chi connectivity index (χ0v) is 18.0. The molecule has 0 aliphatic carbocycles. The molecule has 2 atom stereocenters. The number of hydrogen-bond acceptors (Lipinski definition) is 4. The zero-order valence-electron chi connectivity index (χ0n) is 18.0. The quantitative estimate of drug-likeness (QED) is 0.693. The highest BCUT2D eigenvalue weighted by Crippen LogP contribution is 2.45. The van der Waals surface area contributed by atoms with Crippen LogP contribution in [0.4, 0.5) is 0 Å². The third kappa shape index (κ3) is 5.34. The lowest BCUT2D eigenvalue weighted by atomic mass is 9.68. The van der Waals surface area contributed by atoms with E-state index < -0.39 is 16.9 Å². The summed E-state index contributed by atoms with van der Waals surface area (Å²) < 4.78 is 5.63. The fraction of sp³-hybridized carbons (Fsp3) is 0.652. The monoisotopic (exact) mass is 388 g/mol. The Morgan fingerprint density at radius 3 is 2.43 bits per heavy atom. The van der Waals surface area contributed by atoms with Gasteiger partial charge in [0.2, 0.25) is 5.91 Å². The number of ether oxygens (including phenoxy) is 1. The topological polar surface area (TPSA) is 72.6 Å². The lowest BCUT2D eigenvalue weighted by Gasteiger charge is -2.36. The van der Waals surface area contributed by atoms with E-state index in [1.54, 1.807) is 0 Å². The van der Waals surface area contributed by atoms with Gasteiger partial charge in [0, 0.05) is 19.6 Å². The van der Waals surface area contributed by atoms with Crippen molar-refractivity contribution in [3.8, 4) is 0 Å². The lowest BCUT2D eigenvalue weighted by Crippen LogP contribution is -2.49. The van der Waals surface area contributed by atoms with Crippen molar-refractivity contribution in [2.45, 2.75) is 59.5 Å². The Morgan fingerprint density at radius 1 is 1.25 bits per heavy atom. The van der Waals surface area contributed by atoms with Crippen LogP contribution in [-0.4, -0.2) is 42.0 Å². The maximum Gasteiger partial charge on any atom is 0.311 e. The Morgan fingerprint density at radius 2 is 1.89 bits per heavy atom. The van der Waals surface area contributed by atoms with Crippen molar-refractivity contribution in [2.75, 3.05) is 19.6 Å². The van der Waals surface area contributed by atoms with Crippen LogP contribution in [0.3, 0.4) is 0 Å². The first-order valence-corrected chi connectivity index (χ1v) is 10.4. The fourth-order valence-electron chi connectivity index (χ4n) is 4.28. The zero-order chi connectivity index (χ0) is 20.9. The van der Waals surface area contributed by atoms with E-state index in [0.29, 0.717) is 25.9 Å². The van der Waals surface area contributed by atoms with Crippen LogP contribution in [0.5, 0.6) is 0 Å². The second-order valence-corrected chi connectivity index (χ2v) is 9.35. The molecule has 0 saturated carbocycles. The van der Waals surface area contributed by atoms with Gasteiger partial charge in [-0.2, -0.15) is 0 Å². The Bertz CT molecular complexity index is 666. The van der Waals surface area contributed by atoms with Crippen LogP contribution < -0.4 is 5.73 Å². The number of carbonyl (C=O) groups is 2. The van der Waals surface area contributed by atoms with E-state index >= 15 is 0 Å². The number of esters is 1. The van der Waals surface area contributed by atoms with Gasteiger partial charge in [0.25, 0.3) is 0 Å². The van der Waals surface area contributed by atoms with E-state index in [9.17, 15) is 9.59 Å². The first-order valence-electron chi connectivity index (χ1n) is 10.4. The highest BCUT2D eigenvalue weighted by atomic mass is 16.6. The van der Waals surface area contributed by atoms with Gasteiger partial charge in [-0.3, -0.25) is 9.59 Å². The van der Waals surface area contributed by atoms with Crippen LogP contribution in [-0.2, 0) is 20.7 Å². The summed E-state index contributed by atoms with van der Waals surface area (Å²) in [6.07, 6.45) is 2.11. The van der Waals surface area contributed by atoms with Crippen molar-refractivity contribution < 1.29 is 14.3 Å². The number of likely N-dealkylation sites (tertiary alicyclic amines) is 1. The van der Waals surface area contributed by atoms with Crippen molar-refractivity contribution >= 4 is 11.9 Å². The van der Waals surface area contributed by atoms with Crippen LogP contribution in [0.15, 0.2) is 30.3 Å². The molecule has 0 aromatic heterocycles. The molecule has 156 valence electrons. The molecule has 1 heterocycles. The van der Waals surface area contributed by atoms with Crippen LogP contribution in [0.1, 0.15) is 53.0 Å². The maximum atomic E-state index is 13.5. The van der Waals surface area contributed by atoms with Crippen molar-refractivity contribution in [2.24, 2.45) is 23.0 Å². The van der Waals surface area contributed by atoms with E-state index in [0.717, 1.165) is 6.42 Å². The number of carbonyl (C=O) groups excluding carboxylic acids is 2. The summed E-state index contributed by atoms with van der Waals surface area (Å²) >= 11 is 0. The number of rotatable bonds is 8. The molecule has 2 N–H and O–H groups in total. The van der Waals surface area contributed by atoms with Gasteiger partial charge in [0.1, 0.15) is 5.60 Å². The molecule has 1 aromatic carbocycles. The van der Waals surface area contributed by atoms with Crippen LogP contribution in [0.25, 0.3) is 0 Å². The first-order chi connectivity index (χ1) is 13.1. The van der Waals surface area contributed by atoms with Crippen molar-refractivity contribution in [3.63, 3.8) is 0 Å². The highest BCUT2D eigenvalue weighted by molar-refractivity contribution is 5.90. The van der Waals surface area contributed by atoms with Gasteiger partial charge in [-0.15, -0.1) is 0 Å². The predicted octanol–water partition coefficient (Wildman–Crippen LogP) is 3.41. The van der Waals surface area contributed by atoms with E-state index in [1.807, 2.05) is 43.9 Å². The summed E-state index contributed by atoms with van der Waals surface area (Å²) in [6, 6.07) is 10.2. The SMILES string of the molecule is CC(C)CC1(C(CN)C(=O)OC(C)(C)C)CCN(CCc2ccccc2)C1=O. The molecule has 1 aromatic rings. The van der Waals surface area contributed by atoms with E-state index in [-0.39, 0.29) is 24.3 Å². The second-order valence-electron chi connectivity index (χ2n) is 9.35. The highest BCUT2D eigenvalue weighted by Gasteiger charge is 2.54. The van der Waals surface area contributed by atoms with Crippen molar-refractivity contribution in [1.82, 2.24) is 4.90 Å². The van der Waals surface area contributed by atoms with Crippen molar-refractivity contribution in [1.29, 1.82) is 0 Å². The molecule has 28 heavy (non-hydrogen) atoms. The molecule has 1 fully saturated rings. The summed E-state index contributed by atoms with van der Waals surface area (Å²) in [5.74, 6) is -0.620. The third-order valence-electron chi connectivity index (χ3n) is 5.42. The van der Waals surface area contributed by atoms with Gasteiger partial charge in [0.05, 0.1) is 11.3 Å². The fourth-order valence-corrected chi connectivity index (χ4v) is 4.28. The van der Waals surface area contributed by atoms with Gasteiger partial charge in [-0.25, -0.2) is 0 Å². The number of benzene rings is 1. The Kier molecular flexibility index (Phi) is 7.27. The van der Waals surface area contributed by atoms with Gasteiger partial charge >= 0.3 is 5.97 Å². The number of nitrogens with two attached hydrogens (primary N) is 1. The largest absolute Gasteiger partial charge is 0.460 e. The van der Waals surface area contributed by atoms with Gasteiger partial charge < -0.3 is 15.4 Å². The Balaban J connectivity index is 2.21. The van der Waals surface area contributed by atoms with Crippen LogP contribution in [0, 0.1) is 17.3 Å². The summed E-state index contributed by atoms with van der Waals surface area (Å²) in [6.45, 7) is 11.2. The van der Waals surface area contributed by atoms with Gasteiger partial charge in [-0.05, 0) is 51.5 Å². The summed E-state index contributed by atoms with van der Waals surface area (Å²) in [5.41, 5.74) is 5.88. The molecule has 1 aliphatic rings. The summed E-state index contributed by atoms with van der Waals surface area (Å²) in [5, 5.41) is 0. The molecule has 2 unspecified atom stereocenters. The van der Waals surface area contributed by atoms with Crippen LogP contribution in [0.2, 0.25) is 0 Å².